The summed E-state index contributed by atoms with van der Waals surface area (Å²) in [6, 6.07) is 35.2. The number of piperidine rings is 3. The van der Waals surface area contributed by atoms with Gasteiger partial charge in [0.15, 0.2) is 0 Å². The molecule has 4 heterocycles. The van der Waals surface area contributed by atoms with E-state index in [2.05, 4.69) is 20.5 Å². The van der Waals surface area contributed by atoms with Crippen molar-refractivity contribution in [3.05, 3.63) is 170 Å². The molecule has 6 aromatic rings. The number of carbonyl (C=O) groups is 2. The monoisotopic (exact) mass is 872 g/mol. The number of aromatic nitrogens is 1. The van der Waals surface area contributed by atoms with E-state index in [1.807, 2.05) is 72.8 Å². The number of fused-ring (bicyclic) bond motifs is 4. The van der Waals surface area contributed by atoms with Gasteiger partial charge >= 0.3 is 12.1 Å². The number of phenolic OH excluding ortho intramolecular Hbond substituents is 1. The van der Waals surface area contributed by atoms with Gasteiger partial charge in [0.05, 0.1) is 23.2 Å². The molecule has 63 heavy (non-hydrogen) atoms. The number of carbonyl (C=O) groups excluding carboxylic acids is 2. The molecule has 1 unspecified atom stereocenters. The molecule has 14 heteroatoms. The van der Waals surface area contributed by atoms with Crippen LogP contribution in [0.15, 0.2) is 126 Å². The van der Waals surface area contributed by atoms with Gasteiger partial charge in [-0.15, -0.1) is 0 Å². The van der Waals surface area contributed by atoms with Crippen LogP contribution in [-0.2, 0) is 22.6 Å². The molecule has 2 bridgehead atoms. The number of alkyl carbamates (subject to hydrolysis) is 1. The number of pyridine rings is 1. The lowest BCUT2D eigenvalue weighted by Crippen LogP contribution is -2.52. The van der Waals surface area contributed by atoms with E-state index in [0.29, 0.717) is 45.5 Å². The third kappa shape index (κ3) is 11.0. The van der Waals surface area contributed by atoms with E-state index in [4.69, 9.17) is 30.5 Å². The summed E-state index contributed by atoms with van der Waals surface area (Å²) < 4.78 is 23.3. The van der Waals surface area contributed by atoms with Gasteiger partial charge in [0.2, 0.25) is 5.56 Å². The molecule has 1 aromatic heterocycles. The smallest absolute Gasteiger partial charge is 0.408 e. The predicted octanol–water partition coefficient (Wildman–Crippen LogP) is 7.43. The second-order valence-electron chi connectivity index (χ2n) is 15.8. The van der Waals surface area contributed by atoms with Gasteiger partial charge in [-0.2, -0.15) is 0 Å². The van der Waals surface area contributed by atoms with Crippen LogP contribution in [0.5, 0.6) is 17.2 Å². The number of aromatic hydroxyl groups is 1. The van der Waals surface area contributed by atoms with Crippen LogP contribution in [0.3, 0.4) is 0 Å². The van der Waals surface area contributed by atoms with Crippen molar-refractivity contribution in [1.82, 2.24) is 20.5 Å². The zero-order valence-electron chi connectivity index (χ0n) is 34.5. The minimum atomic E-state index is -0.910. The van der Waals surface area contributed by atoms with Gasteiger partial charge in [-0.25, -0.2) is 9.59 Å². The number of rotatable bonds is 17. The highest BCUT2D eigenvalue weighted by atomic mass is 35.5. The topological polar surface area (TPSA) is 172 Å². The number of esters is 1. The van der Waals surface area contributed by atoms with Crippen LogP contribution < -0.4 is 25.7 Å². The number of nitrogens with one attached hydrogen (secondary N) is 3. The Morgan fingerprint density at radius 2 is 1.62 bits per heavy atom. The molecule has 0 radical (unpaired) electrons. The van der Waals surface area contributed by atoms with E-state index in [9.17, 15) is 24.6 Å². The number of halogens is 1. The number of hydrogen-bond acceptors (Lipinski definition) is 11. The summed E-state index contributed by atoms with van der Waals surface area (Å²) in [6.45, 7) is 3.89. The molecular weight excluding hydrogens is 824 g/mol. The fourth-order valence-electron chi connectivity index (χ4n) is 8.17. The average molecular weight is 873 g/mol. The molecule has 0 spiro atoms. The first-order valence-corrected chi connectivity index (χ1v) is 21.4. The molecule has 13 nitrogen and oxygen atoms in total. The lowest BCUT2D eigenvalue weighted by atomic mass is 9.86. The van der Waals surface area contributed by atoms with Gasteiger partial charge in [0.1, 0.15) is 43.2 Å². The fraction of sp³-hybridized carbons (Fsp3) is 0.286. The van der Waals surface area contributed by atoms with Gasteiger partial charge in [0.25, 0.3) is 0 Å². The number of phenols is 1. The SMILES string of the molecule is O=C(NC(c1ccccc1)c1cccc(OCc2ccc(C(=O)OCCOc3ccc(CNC[C@@H](O)c4ccc(O)c5[nH]c(=O)ccc45)c(Cl)c3)cc2)c1)O[C@H]1CN2CCC1CC2. The van der Waals surface area contributed by atoms with Gasteiger partial charge in [-0.3, -0.25) is 9.69 Å². The Morgan fingerprint density at radius 3 is 2.38 bits per heavy atom. The minimum Gasteiger partial charge on any atom is -0.506 e. The molecule has 3 saturated heterocycles. The van der Waals surface area contributed by atoms with Crippen LogP contribution in [0.4, 0.5) is 4.79 Å². The summed E-state index contributed by atoms with van der Waals surface area (Å²) in [4.78, 5) is 42.7. The number of aromatic amines is 1. The van der Waals surface area contributed by atoms with E-state index in [1.165, 1.54) is 12.1 Å². The maximum absolute atomic E-state index is 13.2. The third-order valence-corrected chi connectivity index (χ3v) is 11.9. The maximum atomic E-state index is 13.2. The van der Waals surface area contributed by atoms with Crippen LogP contribution in [0.2, 0.25) is 5.02 Å². The van der Waals surface area contributed by atoms with Crippen molar-refractivity contribution in [2.75, 3.05) is 39.4 Å². The highest BCUT2D eigenvalue weighted by Gasteiger charge is 2.37. The molecule has 0 saturated carbocycles. The Morgan fingerprint density at radius 1 is 0.841 bits per heavy atom. The van der Waals surface area contributed by atoms with Crippen molar-refractivity contribution in [3.8, 4) is 17.2 Å². The maximum Gasteiger partial charge on any atom is 0.408 e. The number of aliphatic hydroxyl groups excluding tert-OH is 1. The Balaban J connectivity index is 0.773. The number of aliphatic hydroxyl groups is 1. The number of nitrogens with zero attached hydrogens (tertiary/aromatic N) is 1. The molecule has 3 aliphatic heterocycles. The summed E-state index contributed by atoms with van der Waals surface area (Å²) in [5.41, 5.74) is 4.30. The van der Waals surface area contributed by atoms with Crippen molar-refractivity contribution in [2.45, 2.75) is 44.2 Å². The standard InChI is InChI=1S/C49H49ClN4O9/c50-41-26-38(14-13-36(41)27-51-28-43(56)39-15-17-42(55)47-40(39)16-18-45(57)52-47)60-23-24-61-48(58)34-11-9-31(10-12-34)30-62-37-8-4-7-35(25-37)46(33-5-2-1-3-6-33)53-49(59)63-44-29-54-21-19-32(44)20-22-54/h1-18,25-26,32,43-44,46,51,55-56H,19-24,27-30H2,(H,52,57)(H,53,59)/t43-,44+,46?/m1/s1. The molecule has 1 amide bonds. The van der Waals surface area contributed by atoms with Crippen LogP contribution >= 0.6 is 11.6 Å². The molecular formula is C49H49ClN4O9. The molecule has 5 aromatic carbocycles. The largest absolute Gasteiger partial charge is 0.506 e. The van der Waals surface area contributed by atoms with E-state index in [-0.39, 0.29) is 49.3 Å². The summed E-state index contributed by atoms with van der Waals surface area (Å²) >= 11 is 6.52. The summed E-state index contributed by atoms with van der Waals surface area (Å²) in [5.74, 6) is 0.992. The first-order chi connectivity index (χ1) is 30.7. The number of ether oxygens (including phenoxy) is 4. The summed E-state index contributed by atoms with van der Waals surface area (Å²) in [6.07, 6.45) is 0.681. The molecule has 3 fully saturated rings. The predicted molar refractivity (Wildman–Crippen MR) is 238 cm³/mol. The number of hydrogen-bond donors (Lipinski definition) is 5. The molecule has 0 aliphatic carbocycles. The highest BCUT2D eigenvalue weighted by molar-refractivity contribution is 6.31. The van der Waals surface area contributed by atoms with Gasteiger partial charge < -0.3 is 44.8 Å². The molecule has 9 rings (SSSR count). The van der Waals surface area contributed by atoms with E-state index < -0.39 is 24.2 Å². The van der Waals surface area contributed by atoms with Gasteiger partial charge in [0, 0.05) is 36.1 Å². The van der Waals surface area contributed by atoms with E-state index in [0.717, 1.165) is 54.7 Å². The molecule has 3 aliphatic rings. The van der Waals surface area contributed by atoms with Crippen LogP contribution in [0, 0.1) is 5.92 Å². The van der Waals surface area contributed by atoms with Gasteiger partial charge in [-0.05, 0) is 108 Å². The first-order valence-electron chi connectivity index (χ1n) is 21.0. The van der Waals surface area contributed by atoms with Crippen LogP contribution in [-0.4, -0.2) is 77.7 Å². The van der Waals surface area contributed by atoms with Crippen LogP contribution in [0.1, 0.15) is 63.2 Å². The lowest BCUT2D eigenvalue weighted by molar-refractivity contribution is -0.0336. The number of benzene rings is 5. The van der Waals surface area contributed by atoms with Crippen molar-refractivity contribution in [2.24, 2.45) is 5.92 Å². The van der Waals surface area contributed by atoms with Crippen molar-refractivity contribution < 1.29 is 38.7 Å². The lowest BCUT2D eigenvalue weighted by Gasteiger charge is -2.43. The molecule has 326 valence electrons. The molecule has 3 atom stereocenters. The van der Waals surface area contributed by atoms with Crippen LogP contribution in [0.25, 0.3) is 10.9 Å². The fourth-order valence-corrected chi connectivity index (χ4v) is 8.40. The van der Waals surface area contributed by atoms with E-state index in [1.54, 1.807) is 36.4 Å². The quantitative estimate of drug-likeness (QED) is 0.0456. The Kier molecular flexibility index (Phi) is 13.9. The zero-order chi connectivity index (χ0) is 43.7. The van der Waals surface area contributed by atoms with Crippen molar-refractivity contribution >= 4 is 34.6 Å². The van der Waals surface area contributed by atoms with Crippen molar-refractivity contribution in [3.63, 3.8) is 0 Å². The average Bonchev–Trinajstić information content (AvgIpc) is 3.30. The summed E-state index contributed by atoms with van der Waals surface area (Å²) in [7, 11) is 0. The summed E-state index contributed by atoms with van der Waals surface area (Å²) in [5, 5.41) is 28.3. The normalized spacial score (nSPS) is 17.7. The van der Waals surface area contributed by atoms with Crippen molar-refractivity contribution in [1.29, 1.82) is 0 Å². The zero-order valence-corrected chi connectivity index (χ0v) is 35.3. The Bertz CT molecular complexity index is 2580. The highest BCUT2D eigenvalue weighted by Crippen LogP contribution is 2.32. The Hall–Kier alpha value is -6.38. The molecule has 5 N–H and O–H groups in total. The Labute approximate surface area is 369 Å². The number of H-pyrrole nitrogens is 1. The van der Waals surface area contributed by atoms with Gasteiger partial charge in [-0.1, -0.05) is 78.3 Å². The second-order valence-corrected chi connectivity index (χ2v) is 16.2. The second kappa shape index (κ2) is 20.2. The first kappa shape index (κ1) is 43.3. The third-order valence-electron chi connectivity index (χ3n) is 11.6. The minimum absolute atomic E-state index is 0.0228. The number of amides is 1. The van der Waals surface area contributed by atoms with E-state index >= 15 is 0 Å².